The number of carbonyl (C=O) groups is 2. The van der Waals surface area contributed by atoms with E-state index in [0.29, 0.717) is 12.2 Å². The van der Waals surface area contributed by atoms with E-state index in [1.165, 1.54) is 4.90 Å². The SMILES string of the molecule is Cc1cc(Br)ccc1NC(=O)CN(C)C(=O)CCSc1ccccc1. The van der Waals surface area contributed by atoms with Crippen LogP contribution >= 0.6 is 27.7 Å². The van der Waals surface area contributed by atoms with Crippen LogP contribution in [0.4, 0.5) is 5.69 Å². The molecule has 25 heavy (non-hydrogen) atoms. The number of thioether (sulfide) groups is 1. The fourth-order valence-corrected chi connectivity index (χ4v) is 3.56. The summed E-state index contributed by atoms with van der Waals surface area (Å²) in [6.07, 6.45) is 0.403. The monoisotopic (exact) mass is 420 g/mol. The van der Waals surface area contributed by atoms with Crippen molar-refractivity contribution in [1.82, 2.24) is 4.90 Å². The molecule has 0 unspecified atom stereocenters. The van der Waals surface area contributed by atoms with E-state index in [0.717, 1.165) is 20.6 Å². The van der Waals surface area contributed by atoms with E-state index in [1.807, 2.05) is 55.5 Å². The topological polar surface area (TPSA) is 49.4 Å². The van der Waals surface area contributed by atoms with Gasteiger partial charge in [0.1, 0.15) is 0 Å². The van der Waals surface area contributed by atoms with Crippen molar-refractivity contribution in [3.8, 4) is 0 Å². The predicted molar refractivity (Wildman–Crippen MR) is 107 cm³/mol. The number of amides is 2. The highest BCUT2D eigenvalue weighted by Gasteiger charge is 2.13. The first kappa shape index (κ1) is 19.5. The minimum atomic E-state index is -0.197. The molecular formula is C19H21BrN2O2S. The van der Waals surface area contributed by atoms with Gasteiger partial charge in [-0.05, 0) is 42.8 Å². The van der Waals surface area contributed by atoms with Gasteiger partial charge in [-0.25, -0.2) is 0 Å². The number of hydrogen-bond donors (Lipinski definition) is 1. The Kier molecular flexibility index (Phi) is 7.52. The number of carbonyl (C=O) groups excluding carboxylic acids is 2. The second-order valence-electron chi connectivity index (χ2n) is 5.67. The Morgan fingerprint density at radius 3 is 2.56 bits per heavy atom. The van der Waals surface area contributed by atoms with Crippen molar-refractivity contribution in [2.75, 3.05) is 24.7 Å². The maximum atomic E-state index is 12.2. The third-order valence-electron chi connectivity index (χ3n) is 3.60. The number of likely N-dealkylation sites (N-methyl/N-ethyl adjacent to an activating group) is 1. The first-order chi connectivity index (χ1) is 12.0. The molecule has 0 radical (unpaired) electrons. The zero-order chi connectivity index (χ0) is 18.2. The fraction of sp³-hybridized carbons (Fsp3) is 0.263. The molecule has 0 aliphatic carbocycles. The molecule has 0 aliphatic rings. The number of nitrogens with one attached hydrogen (secondary N) is 1. The van der Waals surface area contributed by atoms with Gasteiger partial charge in [-0.15, -0.1) is 11.8 Å². The molecule has 0 aliphatic heterocycles. The molecule has 1 N–H and O–H groups in total. The van der Waals surface area contributed by atoms with E-state index in [9.17, 15) is 9.59 Å². The highest BCUT2D eigenvalue weighted by molar-refractivity contribution is 9.10. The molecule has 2 rings (SSSR count). The van der Waals surface area contributed by atoms with Crippen molar-refractivity contribution in [2.24, 2.45) is 0 Å². The summed E-state index contributed by atoms with van der Waals surface area (Å²) in [5.74, 6) is 0.462. The lowest BCUT2D eigenvalue weighted by Gasteiger charge is -2.17. The Balaban J connectivity index is 1.76. The molecule has 0 aromatic heterocycles. The van der Waals surface area contributed by atoms with Crippen molar-refractivity contribution >= 4 is 45.2 Å². The van der Waals surface area contributed by atoms with Crippen molar-refractivity contribution in [3.63, 3.8) is 0 Å². The number of aryl methyl sites for hydroxylation is 1. The second kappa shape index (κ2) is 9.63. The average molecular weight is 421 g/mol. The molecule has 132 valence electrons. The molecule has 0 heterocycles. The van der Waals surface area contributed by atoms with Crippen LogP contribution in [-0.4, -0.2) is 36.1 Å². The maximum absolute atomic E-state index is 12.2. The molecule has 2 aromatic carbocycles. The average Bonchev–Trinajstić information content (AvgIpc) is 2.58. The molecule has 2 aromatic rings. The van der Waals surface area contributed by atoms with Crippen molar-refractivity contribution in [2.45, 2.75) is 18.2 Å². The van der Waals surface area contributed by atoms with Crippen LogP contribution in [0, 0.1) is 6.92 Å². The number of halogens is 1. The van der Waals surface area contributed by atoms with Gasteiger partial charge in [-0.1, -0.05) is 34.1 Å². The van der Waals surface area contributed by atoms with Crippen molar-refractivity contribution in [3.05, 3.63) is 58.6 Å². The molecule has 0 saturated heterocycles. The Morgan fingerprint density at radius 1 is 1.16 bits per heavy atom. The molecule has 4 nitrogen and oxygen atoms in total. The number of benzene rings is 2. The van der Waals surface area contributed by atoms with E-state index < -0.39 is 0 Å². The highest BCUT2D eigenvalue weighted by Crippen LogP contribution is 2.20. The third kappa shape index (κ3) is 6.55. The molecule has 0 atom stereocenters. The number of hydrogen-bond acceptors (Lipinski definition) is 3. The summed E-state index contributed by atoms with van der Waals surface area (Å²) < 4.78 is 0.964. The van der Waals surface area contributed by atoms with E-state index in [2.05, 4.69) is 21.2 Å². The van der Waals surface area contributed by atoms with Crippen LogP contribution in [0.25, 0.3) is 0 Å². The van der Waals surface area contributed by atoms with Crippen LogP contribution in [0.1, 0.15) is 12.0 Å². The van der Waals surface area contributed by atoms with Gasteiger partial charge >= 0.3 is 0 Å². The Morgan fingerprint density at radius 2 is 1.88 bits per heavy atom. The maximum Gasteiger partial charge on any atom is 0.243 e. The minimum absolute atomic E-state index is 0.0360. The van der Waals surface area contributed by atoms with Gasteiger partial charge in [0, 0.05) is 34.3 Å². The summed E-state index contributed by atoms with van der Waals surface area (Å²) in [5.41, 5.74) is 1.73. The van der Waals surface area contributed by atoms with Gasteiger partial charge in [0.15, 0.2) is 0 Å². The summed E-state index contributed by atoms with van der Waals surface area (Å²) >= 11 is 5.03. The molecule has 2 amide bonds. The van der Waals surface area contributed by atoms with E-state index in [1.54, 1.807) is 18.8 Å². The standard InChI is InChI=1S/C19H21BrN2O2S/c1-14-12-15(20)8-9-17(14)21-18(23)13-22(2)19(24)10-11-25-16-6-4-3-5-7-16/h3-9,12H,10-11,13H2,1-2H3,(H,21,23). The number of rotatable bonds is 7. The van der Waals surface area contributed by atoms with Gasteiger partial charge in [0.2, 0.25) is 11.8 Å². The van der Waals surface area contributed by atoms with Crippen LogP contribution in [0.15, 0.2) is 57.9 Å². The summed E-state index contributed by atoms with van der Waals surface area (Å²) in [6, 6.07) is 15.6. The molecule has 0 saturated carbocycles. The molecule has 0 fully saturated rings. The van der Waals surface area contributed by atoms with E-state index in [4.69, 9.17) is 0 Å². The summed E-state index contributed by atoms with van der Waals surface area (Å²) in [7, 11) is 1.66. The first-order valence-electron chi connectivity index (χ1n) is 7.93. The van der Waals surface area contributed by atoms with Crippen LogP contribution in [0.3, 0.4) is 0 Å². The summed E-state index contributed by atoms with van der Waals surface area (Å²) in [5, 5.41) is 2.85. The van der Waals surface area contributed by atoms with Crippen LogP contribution in [0.2, 0.25) is 0 Å². The number of nitrogens with zero attached hydrogens (tertiary/aromatic N) is 1. The third-order valence-corrected chi connectivity index (χ3v) is 5.10. The first-order valence-corrected chi connectivity index (χ1v) is 9.71. The quantitative estimate of drug-likeness (QED) is 0.677. The van der Waals surface area contributed by atoms with Gasteiger partial charge in [-0.2, -0.15) is 0 Å². The van der Waals surface area contributed by atoms with Crippen LogP contribution < -0.4 is 5.32 Å². The Bertz CT molecular complexity index is 737. The normalized spacial score (nSPS) is 10.4. The summed E-state index contributed by atoms with van der Waals surface area (Å²) in [6.45, 7) is 1.97. The smallest absolute Gasteiger partial charge is 0.243 e. The molecule has 0 spiro atoms. The fourth-order valence-electron chi connectivity index (χ4n) is 2.22. The van der Waals surface area contributed by atoms with Crippen LogP contribution in [0.5, 0.6) is 0 Å². The second-order valence-corrected chi connectivity index (χ2v) is 7.75. The van der Waals surface area contributed by atoms with Crippen molar-refractivity contribution < 1.29 is 9.59 Å². The highest BCUT2D eigenvalue weighted by atomic mass is 79.9. The van der Waals surface area contributed by atoms with E-state index in [-0.39, 0.29) is 18.4 Å². The Labute approximate surface area is 161 Å². The molecule has 6 heteroatoms. The molecular weight excluding hydrogens is 400 g/mol. The summed E-state index contributed by atoms with van der Waals surface area (Å²) in [4.78, 5) is 26.9. The Hall–Kier alpha value is -1.79. The lowest BCUT2D eigenvalue weighted by atomic mass is 10.2. The molecule has 0 bridgehead atoms. The van der Waals surface area contributed by atoms with Crippen LogP contribution in [-0.2, 0) is 9.59 Å². The van der Waals surface area contributed by atoms with E-state index >= 15 is 0 Å². The largest absolute Gasteiger partial charge is 0.336 e. The predicted octanol–water partition coefficient (Wildman–Crippen LogP) is 4.34. The van der Waals surface area contributed by atoms with Gasteiger partial charge < -0.3 is 10.2 Å². The zero-order valence-electron chi connectivity index (χ0n) is 14.3. The van der Waals surface area contributed by atoms with Gasteiger partial charge in [0.05, 0.1) is 6.54 Å². The van der Waals surface area contributed by atoms with Gasteiger partial charge in [-0.3, -0.25) is 9.59 Å². The van der Waals surface area contributed by atoms with Crippen molar-refractivity contribution in [1.29, 1.82) is 0 Å². The lowest BCUT2D eigenvalue weighted by Crippen LogP contribution is -2.35. The van der Waals surface area contributed by atoms with Gasteiger partial charge in [0.25, 0.3) is 0 Å². The zero-order valence-corrected chi connectivity index (χ0v) is 16.7. The minimum Gasteiger partial charge on any atom is -0.336 e. The number of anilines is 1. The lowest BCUT2D eigenvalue weighted by molar-refractivity contribution is -0.132.